The first-order valence-electron chi connectivity index (χ1n) is 5.63. The fraction of sp³-hybridized carbons (Fsp3) is 1.00. The van der Waals surface area contributed by atoms with Gasteiger partial charge in [0, 0.05) is 13.1 Å². The molecule has 0 aliphatic carbocycles. The zero-order chi connectivity index (χ0) is 11.0. The molecule has 1 atom stereocenters. The van der Waals surface area contributed by atoms with Crippen LogP contribution in [0.5, 0.6) is 0 Å². The van der Waals surface area contributed by atoms with Gasteiger partial charge in [0.15, 0.2) is 0 Å². The van der Waals surface area contributed by atoms with Gasteiger partial charge in [-0.3, -0.25) is 0 Å². The Kier molecular flexibility index (Phi) is 3.27. The molecule has 0 aromatic heterocycles. The van der Waals surface area contributed by atoms with Crippen molar-refractivity contribution in [2.75, 3.05) is 19.6 Å². The van der Waals surface area contributed by atoms with E-state index in [1.54, 1.807) is 0 Å². The van der Waals surface area contributed by atoms with E-state index >= 15 is 0 Å². The second kappa shape index (κ2) is 3.82. The molecule has 84 valence electrons. The number of rotatable bonds is 2. The largest absolute Gasteiger partial charge is 0.389 e. The van der Waals surface area contributed by atoms with E-state index in [9.17, 15) is 5.11 Å². The van der Waals surface area contributed by atoms with Gasteiger partial charge in [-0.2, -0.15) is 0 Å². The first-order chi connectivity index (χ1) is 6.18. The van der Waals surface area contributed by atoms with E-state index < -0.39 is 5.60 Å². The van der Waals surface area contributed by atoms with Gasteiger partial charge in [0.05, 0.1) is 5.60 Å². The molecule has 1 aliphatic heterocycles. The number of β-amino-alcohol motifs (C(OH)–C–C–N with tert-alkyl or cyclic N) is 1. The summed E-state index contributed by atoms with van der Waals surface area (Å²) in [5, 5.41) is 9.73. The Morgan fingerprint density at radius 2 is 1.79 bits per heavy atom. The minimum atomic E-state index is -0.549. The van der Waals surface area contributed by atoms with Crippen LogP contribution in [0, 0.1) is 11.3 Å². The molecule has 1 fully saturated rings. The molecule has 0 amide bonds. The Labute approximate surface area is 88.3 Å². The Bertz CT molecular complexity index is 187. The monoisotopic (exact) mass is 199 g/mol. The quantitative estimate of drug-likeness (QED) is 0.736. The SMILES string of the molecule is CC(C)(O)CN1CC[C@@H](C(C)(C)C)C1. The summed E-state index contributed by atoms with van der Waals surface area (Å²) in [6.45, 7) is 13.8. The van der Waals surface area contributed by atoms with E-state index in [0.29, 0.717) is 5.41 Å². The van der Waals surface area contributed by atoms with Crippen molar-refractivity contribution in [2.45, 2.75) is 46.6 Å². The lowest BCUT2D eigenvalue weighted by Gasteiger charge is -2.29. The molecule has 0 bridgehead atoms. The molecule has 0 aromatic rings. The van der Waals surface area contributed by atoms with Gasteiger partial charge < -0.3 is 10.0 Å². The smallest absolute Gasteiger partial charge is 0.0718 e. The topological polar surface area (TPSA) is 23.5 Å². The molecule has 1 rings (SSSR count). The highest BCUT2D eigenvalue weighted by Crippen LogP contribution is 2.33. The van der Waals surface area contributed by atoms with Crippen molar-refractivity contribution in [3.8, 4) is 0 Å². The van der Waals surface area contributed by atoms with E-state index in [4.69, 9.17) is 0 Å². The predicted octanol–water partition coefficient (Wildman–Crippen LogP) is 2.13. The van der Waals surface area contributed by atoms with Gasteiger partial charge >= 0.3 is 0 Å². The maximum absolute atomic E-state index is 9.73. The molecule has 1 aliphatic rings. The zero-order valence-corrected chi connectivity index (χ0v) is 10.3. The van der Waals surface area contributed by atoms with Crippen molar-refractivity contribution in [3.63, 3.8) is 0 Å². The van der Waals surface area contributed by atoms with Crippen molar-refractivity contribution in [1.29, 1.82) is 0 Å². The average molecular weight is 199 g/mol. The molecule has 2 nitrogen and oxygen atoms in total. The van der Waals surface area contributed by atoms with Crippen molar-refractivity contribution in [1.82, 2.24) is 4.90 Å². The summed E-state index contributed by atoms with van der Waals surface area (Å²) in [5.74, 6) is 0.782. The lowest BCUT2D eigenvalue weighted by atomic mass is 9.80. The van der Waals surface area contributed by atoms with Gasteiger partial charge in [-0.1, -0.05) is 20.8 Å². The van der Waals surface area contributed by atoms with Gasteiger partial charge in [0.1, 0.15) is 0 Å². The maximum atomic E-state index is 9.73. The Hall–Kier alpha value is -0.0800. The van der Waals surface area contributed by atoms with E-state index in [1.807, 2.05) is 13.8 Å². The summed E-state index contributed by atoms with van der Waals surface area (Å²) in [5.41, 5.74) is -0.138. The fourth-order valence-corrected chi connectivity index (χ4v) is 2.23. The molecule has 0 spiro atoms. The number of hydrogen-bond acceptors (Lipinski definition) is 2. The average Bonchev–Trinajstić information content (AvgIpc) is 2.29. The lowest BCUT2D eigenvalue weighted by molar-refractivity contribution is 0.0408. The molecule has 14 heavy (non-hydrogen) atoms. The summed E-state index contributed by atoms with van der Waals surface area (Å²) < 4.78 is 0. The normalized spacial score (nSPS) is 25.7. The van der Waals surface area contributed by atoms with Gasteiger partial charge in [-0.05, 0) is 38.1 Å². The first kappa shape index (κ1) is 12.0. The molecule has 1 heterocycles. The second-order valence-corrected chi connectivity index (χ2v) is 6.40. The molecular weight excluding hydrogens is 174 g/mol. The van der Waals surface area contributed by atoms with Crippen LogP contribution in [0.15, 0.2) is 0 Å². The molecule has 0 radical (unpaired) electrons. The van der Waals surface area contributed by atoms with Crippen LogP contribution < -0.4 is 0 Å². The van der Waals surface area contributed by atoms with Gasteiger partial charge in [-0.25, -0.2) is 0 Å². The van der Waals surface area contributed by atoms with Crippen LogP contribution in [0.1, 0.15) is 41.0 Å². The molecule has 0 aromatic carbocycles. The highest BCUT2D eigenvalue weighted by molar-refractivity contribution is 4.86. The fourth-order valence-electron chi connectivity index (χ4n) is 2.23. The highest BCUT2D eigenvalue weighted by Gasteiger charge is 2.33. The van der Waals surface area contributed by atoms with E-state index in [0.717, 1.165) is 25.6 Å². The minimum Gasteiger partial charge on any atom is -0.389 e. The summed E-state index contributed by atoms with van der Waals surface area (Å²) in [6, 6.07) is 0. The van der Waals surface area contributed by atoms with Crippen molar-refractivity contribution < 1.29 is 5.11 Å². The van der Waals surface area contributed by atoms with Crippen LogP contribution in [0.25, 0.3) is 0 Å². The maximum Gasteiger partial charge on any atom is 0.0718 e. The number of likely N-dealkylation sites (tertiary alicyclic amines) is 1. The van der Waals surface area contributed by atoms with Crippen LogP contribution in [-0.2, 0) is 0 Å². The van der Waals surface area contributed by atoms with Crippen molar-refractivity contribution in [3.05, 3.63) is 0 Å². The number of hydrogen-bond donors (Lipinski definition) is 1. The Morgan fingerprint density at radius 3 is 2.14 bits per heavy atom. The number of nitrogens with zero attached hydrogens (tertiary/aromatic N) is 1. The van der Waals surface area contributed by atoms with Crippen LogP contribution in [0.2, 0.25) is 0 Å². The lowest BCUT2D eigenvalue weighted by Crippen LogP contribution is -2.38. The summed E-state index contributed by atoms with van der Waals surface area (Å²) in [4.78, 5) is 2.38. The van der Waals surface area contributed by atoms with E-state index in [1.165, 1.54) is 6.42 Å². The standard InChI is InChI=1S/C12H25NO/c1-11(2,3)10-6-7-13(8-10)9-12(4,5)14/h10,14H,6-9H2,1-5H3/t10-/m1/s1. The van der Waals surface area contributed by atoms with Gasteiger partial charge in [0.25, 0.3) is 0 Å². The van der Waals surface area contributed by atoms with E-state index in [-0.39, 0.29) is 0 Å². The molecule has 2 heteroatoms. The summed E-state index contributed by atoms with van der Waals surface area (Å²) in [7, 11) is 0. The van der Waals surface area contributed by atoms with Gasteiger partial charge in [-0.15, -0.1) is 0 Å². The summed E-state index contributed by atoms with van der Waals surface area (Å²) >= 11 is 0. The second-order valence-electron chi connectivity index (χ2n) is 6.40. The molecule has 0 saturated carbocycles. The van der Waals surface area contributed by atoms with Crippen LogP contribution in [-0.4, -0.2) is 35.2 Å². The molecule has 0 unspecified atom stereocenters. The summed E-state index contributed by atoms with van der Waals surface area (Å²) in [6.07, 6.45) is 1.28. The van der Waals surface area contributed by atoms with Crippen LogP contribution >= 0.6 is 0 Å². The van der Waals surface area contributed by atoms with Crippen LogP contribution in [0.3, 0.4) is 0 Å². The van der Waals surface area contributed by atoms with Crippen molar-refractivity contribution in [2.24, 2.45) is 11.3 Å². The predicted molar refractivity (Wildman–Crippen MR) is 60.3 cm³/mol. The highest BCUT2D eigenvalue weighted by atomic mass is 16.3. The third-order valence-electron chi connectivity index (χ3n) is 3.11. The zero-order valence-electron chi connectivity index (χ0n) is 10.3. The Morgan fingerprint density at radius 1 is 1.21 bits per heavy atom. The van der Waals surface area contributed by atoms with Gasteiger partial charge in [0.2, 0.25) is 0 Å². The van der Waals surface area contributed by atoms with Crippen LogP contribution in [0.4, 0.5) is 0 Å². The third-order valence-corrected chi connectivity index (χ3v) is 3.11. The first-order valence-corrected chi connectivity index (χ1v) is 5.63. The Balaban J connectivity index is 2.42. The van der Waals surface area contributed by atoms with E-state index in [2.05, 4.69) is 25.7 Å². The van der Waals surface area contributed by atoms with Crippen molar-refractivity contribution >= 4 is 0 Å². The number of aliphatic hydroxyl groups is 1. The molecule has 1 N–H and O–H groups in total. The molecule has 1 saturated heterocycles. The molecular formula is C12H25NO. The third kappa shape index (κ3) is 3.58. The minimum absolute atomic E-state index is 0.411.